The molecule has 0 aromatic rings. The van der Waals surface area contributed by atoms with E-state index < -0.39 is 0 Å². The van der Waals surface area contributed by atoms with Gasteiger partial charge in [-0.2, -0.15) is 0 Å². The Hall–Kier alpha value is -1.38. The highest BCUT2D eigenvalue weighted by atomic mass is 15.3. The molecule has 0 aromatic heterocycles. The minimum atomic E-state index is -0.0463. The Morgan fingerprint density at radius 1 is 1.00 bits per heavy atom. The van der Waals surface area contributed by atoms with E-state index in [2.05, 4.69) is 9.98 Å². The van der Waals surface area contributed by atoms with E-state index in [-0.39, 0.29) is 6.29 Å². The summed E-state index contributed by atoms with van der Waals surface area (Å²) in [6, 6.07) is 0. The Morgan fingerprint density at radius 3 is 2.10 bits per heavy atom. The number of hydrogen-bond donors (Lipinski definition) is 0. The van der Waals surface area contributed by atoms with Crippen LogP contribution in [0.15, 0.2) is 34.5 Å². The summed E-state index contributed by atoms with van der Waals surface area (Å²) in [5.74, 6) is 0. The molecule has 0 saturated carbocycles. The van der Waals surface area contributed by atoms with Crippen LogP contribution in [0, 0.1) is 0 Å². The lowest BCUT2D eigenvalue weighted by Gasteiger charge is -2.24. The second kappa shape index (κ2) is 2.10. The van der Waals surface area contributed by atoms with Crippen molar-refractivity contribution in [1.29, 1.82) is 0 Å². The monoisotopic (exact) mass is 133 g/mol. The predicted octanol–water partition coefficient (Wildman–Crippen LogP) is 0.768. The van der Waals surface area contributed by atoms with Crippen LogP contribution < -0.4 is 0 Å². The van der Waals surface area contributed by atoms with E-state index in [4.69, 9.17) is 0 Å². The Kier molecular flexibility index (Phi) is 1.13. The molecule has 0 saturated heterocycles. The molecule has 0 atom stereocenters. The number of aliphatic imine (C=N–C) groups is 2. The van der Waals surface area contributed by atoms with Crippen molar-refractivity contribution in [2.24, 2.45) is 9.98 Å². The summed E-state index contributed by atoms with van der Waals surface area (Å²) < 4.78 is 0. The van der Waals surface area contributed by atoms with Crippen molar-refractivity contribution in [2.45, 2.75) is 6.29 Å². The van der Waals surface area contributed by atoms with Crippen LogP contribution in [-0.4, -0.2) is 23.6 Å². The molecule has 0 aliphatic carbocycles. The van der Waals surface area contributed by atoms with Gasteiger partial charge in [0.25, 0.3) is 0 Å². The molecule has 0 N–H and O–H groups in total. The van der Waals surface area contributed by atoms with Crippen LogP contribution in [-0.2, 0) is 0 Å². The molecule has 0 radical (unpaired) electrons. The minimum absolute atomic E-state index is 0.0463. The summed E-state index contributed by atoms with van der Waals surface area (Å²) >= 11 is 0. The van der Waals surface area contributed by atoms with Gasteiger partial charge in [0.15, 0.2) is 0 Å². The zero-order valence-corrected chi connectivity index (χ0v) is 5.38. The highest BCUT2D eigenvalue weighted by molar-refractivity contribution is 5.75. The molecule has 2 heterocycles. The normalized spacial score (nSPS) is 21.8. The quantitative estimate of drug-likeness (QED) is 0.479. The third kappa shape index (κ3) is 0.757. The number of allylic oxidation sites excluding steroid dienone is 2. The van der Waals surface area contributed by atoms with Gasteiger partial charge in [0.05, 0.1) is 0 Å². The smallest absolute Gasteiger partial charge is 0.219 e. The fourth-order valence-electron chi connectivity index (χ4n) is 0.925. The highest BCUT2D eigenvalue weighted by Gasteiger charge is 2.11. The standard InChI is InChI=1S/C7H7N3/c1-3-8-7-9-4-2-6-10(7)5-1/h1-7H. The van der Waals surface area contributed by atoms with Crippen LogP contribution >= 0.6 is 0 Å². The minimum Gasteiger partial charge on any atom is -0.314 e. The van der Waals surface area contributed by atoms with E-state index >= 15 is 0 Å². The fourth-order valence-corrected chi connectivity index (χ4v) is 0.925. The maximum Gasteiger partial charge on any atom is 0.219 e. The highest BCUT2D eigenvalue weighted by Crippen LogP contribution is 2.10. The van der Waals surface area contributed by atoms with Gasteiger partial charge >= 0.3 is 0 Å². The SMILES string of the molecule is C1=CN2C=CC=NC2N=C1. The third-order valence-electron chi connectivity index (χ3n) is 1.39. The van der Waals surface area contributed by atoms with Crippen LogP contribution in [0.5, 0.6) is 0 Å². The fraction of sp³-hybridized carbons (Fsp3) is 0.143. The van der Waals surface area contributed by atoms with Crippen molar-refractivity contribution in [3.8, 4) is 0 Å². The average Bonchev–Trinajstić information content (AvgIpc) is 2.05. The number of fused-ring (bicyclic) bond motifs is 1. The van der Waals surface area contributed by atoms with E-state index in [1.165, 1.54) is 0 Å². The number of hydrogen-bond acceptors (Lipinski definition) is 3. The van der Waals surface area contributed by atoms with E-state index in [9.17, 15) is 0 Å². The van der Waals surface area contributed by atoms with Gasteiger partial charge in [-0.1, -0.05) is 0 Å². The van der Waals surface area contributed by atoms with Crippen molar-refractivity contribution < 1.29 is 0 Å². The molecule has 0 bridgehead atoms. The van der Waals surface area contributed by atoms with Gasteiger partial charge in [-0.3, -0.25) is 0 Å². The van der Waals surface area contributed by atoms with Gasteiger partial charge < -0.3 is 4.90 Å². The molecule has 3 nitrogen and oxygen atoms in total. The third-order valence-corrected chi connectivity index (χ3v) is 1.39. The maximum absolute atomic E-state index is 4.12. The largest absolute Gasteiger partial charge is 0.314 e. The van der Waals surface area contributed by atoms with Crippen molar-refractivity contribution in [3.63, 3.8) is 0 Å². The summed E-state index contributed by atoms with van der Waals surface area (Å²) in [7, 11) is 0. The summed E-state index contributed by atoms with van der Waals surface area (Å²) in [6.07, 6.45) is 11.2. The summed E-state index contributed by atoms with van der Waals surface area (Å²) in [4.78, 5) is 10.2. The Balaban J connectivity index is 2.28. The predicted molar refractivity (Wildman–Crippen MR) is 40.9 cm³/mol. The average molecular weight is 133 g/mol. The van der Waals surface area contributed by atoms with Gasteiger partial charge in [-0.25, -0.2) is 9.98 Å². The molecule has 2 aliphatic rings. The molecule has 0 aromatic carbocycles. The van der Waals surface area contributed by atoms with Crippen molar-refractivity contribution in [1.82, 2.24) is 4.90 Å². The first kappa shape index (κ1) is 5.41. The molecule has 50 valence electrons. The lowest BCUT2D eigenvalue weighted by atomic mass is 10.4. The van der Waals surface area contributed by atoms with E-state index in [0.717, 1.165) is 0 Å². The van der Waals surface area contributed by atoms with Crippen LogP contribution in [0.4, 0.5) is 0 Å². The molecule has 0 spiro atoms. The van der Waals surface area contributed by atoms with Crippen molar-refractivity contribution in [3.05, 3.63) is 24.6 Å². The lowest BCUT2D eigenvalue weighted by molar-refractivity contribution is 0.383. The van der Waals surface area contributed by atoms with Crippen LogP contribution in [0.1, 0.15) is 0 Å². The van der Waals surface area contributed by atoms with Gasteiger partial charge in [-0.15, -0.1) is 0 Å². The van der Waals surface area contributed by atoms with Crippen LogP contribution in [0.2, 0.25) is 0 Å². The molecule has 10 heavy (non-hydrogen) atoms. The first-order valence-electron chi connectivity index (χ1n) is 3.14. The van der Waals surface area contributed by atoms with Crippen LogP contribution in [0.3, 0.4) is 0 Å². The van der Waals surface area contributed by atoms with E-state index in [1.807, 2.05) is 29.5 Å². The molecule has 2 rings (SSSR count). The van der Waals surface area contributed by atoms with Crippen LogP contribution in [0.25, 0.3) is 0 Å². The van der Waals surface area contributed by atoms with Gasteiger partial charge in [0, 0.05) is 24.8 Å². The van der Waals surface area contributed by atoms with E-state index in [0.29, 0.717) is 0 Å². The first-order valence-corrected chi connectivity index (χ1v) is 3.14. The van der Waals surface area contributed by atoms with Gasteiger partial charge in [0.2, 0.25) is 6.29 Å². The molecular formula is C7H7N3. The Morgan fingerprint density at radius 2 is 1.60 bits per heavy atom. The second-order valence-electron chi connectivity index (χ2n) is 2.07. The Labute approximate surface area is 59.1 Å². The molecule has 0 unspecified atom stereocenters. The summed E-state index contributed by atoms with van der Waals surface area (Å²) in [6.45, 7) is 0. The number of rotatable bonds is 0. The molecule has 2 aliphatic heterocycles. The molecule has 0 amide bonds. The zero-order valence-electron chi connectivity index (χ0n) is 5.38. The van der Waals surface area contributed by atoms with Gasteiger partial charge in [0.1, 0.15) is 0 Å². The van der Waals surface area contributed by atoms with Crippen molar-refractivity contribution >= 4 is 12.4 Å². The zero-order chi connectivity index (χ0) is 6.81. The summed E-state index contributed by atoms with van der Waals surface area (Å²) in [5, 5.41) is 0. The first-order chi connectivity index (χ1) is 4.97. The molecule has 3 heteroatoms. The molecule has 0 fully saturated rings. The maximum atomic E-state index is 4.12. The topological polar surface area (TPSA) is 28.0 Å². The summed E-state index contributed by atoms with van der Waals surface area (Å²) in [5.41, 5.74) is 0. The lowest BCUT2D eigenvalue weighted by Crippen LogP contribution is -2.26. The van der Waals surface area contributed by atoms with Gasteiger partial charge in [-0.05, 0) is 12.2 Å². The Bertz CT molecular complexity index is 187. The van der Waals surface area contributed by atoms with E-state index in [1.54, 1.807) is 12.4 Å². The number of nitrogens with zero attached hydrogens (tertiary/aromatic N) is 3. The van der Waals surface area contributed by atoms with Crippen molar-refractivity contribution in [2.75, 3.05) is 0 Å². The molecular weight excluding hydrogens is 126 g/mol. The second-order valence-corrected chi connectivity index (χ2v) is 2.07.